The zero-order valence-corrected chi connectivity index (χ0v) is 19.2. The standard InChI is InChI=1S/C23H33N5OS/c1-4-17-7-6-8-18(5-2)21(17)24-20(29)15-30-23-26-25-22(28(23)19-9-10-19)27-13-11-16(3)12-14-27/h6-8,16,19H,4-5,9-15H2,1-3H3,(H,24,29). The Morgan fingerprint density at radius 1 is 1.10 bits per heavy atom. The van der Waals surface area contributed by atoms with E-state index in [0.717, 1.165) is 48.6 Å². The van der Waals surface area contributed by atoms with E-state index >= 15 is 0 Å². The minimum absolute atomic E-state index is 0.0225. The van der Waals surface area contributed by atoms with Gasteiger partial charge in [-0.3, -0.25) is 9.36 Å². The Labute approximate surface area is 183 Å². The molecule has 0 bridgehead atoms. The normalized spacial score (nSPS) is 17.4. The van der Waals surface area contributed by atoms with Gasteiger partial charge in [-0.25, -0.2) is 0 Å². The van der Waals surface area contributed by atoms with Crippen LogP contribution in [0.4, 0.5) is 11.6 Å². The minimum atomic E-state index is 0.0225. The number of aryl methyl sites for hydroxylation is 2. The van der Waals surface area contributed by atoms with E-state index in [4.69, 9.17) is 0 Å². The lowest BCUT2D eigenvalue weighted by Gasteiger charge is -2.31. The third-order valence-electron chi connectivity index (χ3n) is 6.22. The first kappa shape index (κ1) is 21.2. The Hall–Kier alpha value is -2.02. The molecular weight excluding hydrogens is 394 g/mol. The Bertz CT molecular complexity index is 861. The van der Waals surface area contributed by atoms with Gasteiger partial charge in [0.05, 0.1) is 5.75 Å². The summed E-state index contributed by atoms with van der Waals surface area (Å²) in [5.74, 6) is 2.16. The highest BCUT2D eigenvalue weighted by atomic mass is 32.2. The molecule has 2 heterocycles. The molecule has 0 radical (unpaired) electrons. The number of piperidine rings is 1. The van der Waals surface area contributed by atoms with Crippen molar-refractivity contribution in [3.8, 4) is 0 Å². The molecule has 30 heavy (non-hydrogen) atoms. The first-order chi connectivity index (χ1) is 14.6. The lowest BCUT2D eigenvalue weighted by Crippen LogP contribution is -2.34. The molecule has 0 atom stereocenters. The van der Waals surface area contributed by atoms with Crippen LogP contribution in [0.15, 0.2) is 23.4 Å². The lowest BCUT2D eigenvalue weighted by molar-refractivity contribution is -0.113. The van der Waals surface area contributed by atoms with E-state index in [1.165, 1.54) is 48.6 Å². The van der Waals surface area contributed by atoms with Crippen LogP contribution in [-0.2, 0) is 17.6 Å². The molecule has 1 saturated heterocycles. The Morgan fingerprint density at radius 3 is 2.37 bits per heavy atom. The van der Waals surface area contributed by atoms with Crippen molar-refractivity contribution in [1.29, 1.82) is 0 Å². The largest absolute Gasteiger partial charge is 0.341 e. The molecule has 7 heteroatoms. The van der Waals surface area contributed by atoms with Crippen molar-refractivity contribution in [2.24, 2.45) is 5.92 Å². The second-order valence-corrected chi connectivity index (χ2v) is 9.49. The number of nitrogens with one attached hydrogen (secondary N) is 1. The van der Waals surface area contributed by atoms with Crippen molar-refractivity contribution in [1.82, 2.24) is 14.8 Å². The molecule has 6 nitrogen and oxygen atoms in total. The number of anilines is 2. The van der Waals surface area contributed by atoms with Crippen LogP contribution in [0.5, 0.6) is 0 Å². The van der Waals surface area contributed by atoms with Crippen LogP contribution in [0, 0.1) is 5.92 Å². The van der Waals surface area contributed by atoms with Gasteiger partial charge >= 0.3 is 0 Å². The Balaban J connectivity index is 1.44. The highest BCUT2D eigenvalue weighted by Gasteiger charge is 2.32. The number of hydrogen-bond donors (Lipinski definition) is 1. The summed E-state index contributed by atoms with van der Waals surface area (Å²) in [7, 11) is 0. The lowest BCUT2D eigenvalue weighted by atomic mass is 10.00. The van der Waals surface area contributed by atoms with Crippen LogP contribution in [0.3, 0.4) is 0 Å². The Kier molecular flexibility index (Phi) is 6.66. The molecule has 1 N–H and O–H groups in total. The fraction of sp³-hybridized carbons (Fsp3) is 0.609. The van der Waals surface area contributed by atoms with E-state index in [9.17, 15) is 4.79 Å². The number of amides is 1. The zero-order chi connectivity index (χ0) is 21.1. The highest BCUT2D eigenvalue weighted by molar-refractivity contribution is 7.99. The molecule has 0 spiro atoms. The van der Waals surface area contributed by atoms with Crippen molar-refractivity contribution in [2.45, 2.75) is 70.5 Å². The van der Waals surface area contributed by atoms with Crippen LogP contribution in [-0.4, -0.2) is 39.5 Å². The van der Waals surface area contributed by atoms with E-state index in [0.29, 0.717) is 11.8 Å². The third kappa shape index (κ3) is 4.66. The minimum Gasteiger partial charge on any atom is -0.341 e. The second-order valence-electron chi connectivity index (χ2n) is 8.55. The molecule has 1 aliphatic carbocycles. The number of carbonyl (C=O) groups is 1. The summed E-state index contributed by atoms with van der Waals surface area (Å²) in [6.07, 6.45) is 6.59. The number of thioether (sulfide) groups is 1. The van der Waals surface area contributed by atoms with Gasteiger partial charge in [-0.05, 0) is 55.6 Å². The predicted octanol–water partition coefficient (Wildman–Crippen LogP) is 4.70. The first-order valence-electron chi connectivity index (χ1n) is 11.3. The molecule has 162 valence electrons. The quantitative estimate of drug-likeness (QED) is 0.619. The highest BCUT2D eigenvalue weighted by Crippen LogP contribution is 2.41. The summed E-state index contributed by atoms with van der Waals surface area (Å²) in [4.78, 5) is 15.1. The van der Waals surface area contributed by atoms with Gasteiger partial charge in [0, 0.05) is 24.8 Å². The fourth-order valence-electron chi connectivity index (χ4n) is 4.15. The number of aromatic nitrogens is 3. The van der Waals surface area contributed by atoms with E-state index in [1.807, 2.05) is 0 Å². The van der Waals surface area contributed by atoms with Crippen LogP contribution in [0.2, 0.25) is 0 Å². The summed E-state index contributed by atoms with van der Waals surface area (Å²) in [6, 6.07) is 6.75. The van der Waals surface area contributed by atoms with Gasteiger partial charge < -0.3 is 10.2 Å². The molecular formula is C23H33N5OS. The van der Waals surface area contributed by atoms with Crippen LogP contribution in [0.25, 0.3) is 0 Å². The summed E-state index contributed by atoms with van der Waals surface area (Å²) < 4.78 is 2.28. The molecule has 2 fully saturated rings. The van der Waals surface area contributed by atoms with E-state index < -0.39 is 0 Å². The second kappa shape index (κ2) is 9.41. The molecule has 2 aliphatic rings. The number of nitrogens with zero attached hydrogens (tertiary/aromatic N) is 4. The molecule has 1 aromatic carbocycles. The number of benzene rings is 1. The van der Waals surface area contributed by atoms with Gasteiger partial charge in [0.2, 0.25) is 11.9 Å². The van der Waals surface area contributed by atoms with Gasteiger partial charge in [0.25, 0.3) is 0 Å². The van der Waals surface area contributed by atoms with Crippen molar-refractivity contribution >= 4 is 29.3 Å². The third-order valence-corrected chi connectivity index (χ3v) is 7.16. The van der Waals surface area contributed by atoms with Crippen LogP contribution >= 0.6 is 11.8 Å². The summed E-state index contributed by atoms with van der Waals surface area (Å²) in [5.41, 5.74) is 3.37. The molecule has 1 saturated carbocycles. The molecule has 2 aromatic rings. The number of hydrogen-bond acceptors (Lipinski definition) is 5. The van der Waals surface area contributed by atoms with Gasteiger partial charge in [0.1, 0.15) is 0 Å². The van der Waals surface area contributed by atoms with Crippen LogP contribution in [0.1, 0.15) is 63.6 Å². The number of rotatable bonds is 8. The summed E-state index contributed by atoms with van der Waals surface area (Å²) >= 11 is 1.51. The SMILES string of the molecule is CCc1cccc(CC)c1NC(=O)CSc1nnc(N2CCC(C)CC2)n1C1CC1. The van der Waals surface area contributed by atoms with E-state index in [1.54, 1.807) is 0 Å². The fourth-order valence-corrected chi connectivity index (χ4v) is 4.95. The molecule has 4 rings (SSSR count). The van der Waals surface area contributed by atoms with Gasteiger partial charge in [-0.2, -0.15) is 0 Å². The first-order valence-corrected chi connectivity index (χ1v) is 12.3. The van der Waals surface area contributed by atoms with Gasteiger partial charge in [-0.15, -0.1) is 10.2 Å². The van der Waals surface area contributed by atoms with E-state index in [-0.39, 0.29) is 5.91 Å². The zero-order valence-electron chi connectivity index (χ0n) is 18.4. The average molecular weight is 428 g/mol. The smallest absolute Gasteiger partial charge is 0.234 e. The predicted molar refractivity (Wildman–Crippen MR) is 123 cm³/mol. The monoisotopic (exact) mass is 427 g/mol. The van der Waals surface area contributed by atoms with Crippen molar-refractivity contribution < 1.29 is 4.79 Å². The summed E-state index contributed by atoms with van der Waals surface area (Å²) in [6.45, 7) is 8.67. The molecule has 1 aromatic heterocycles. The topological polar surface area (TPSA) is 63.1 Å². The molecule has 1 aliphatic heterocycles. The van der Waals surface area contributed by atoms with Crippen molar-refractivity contribution in [2.75, 3.05) is 29.1 Å². The van der Waals surface area contributed by atoms with E-state index in [2.05, 4.69) is 64.0 Å². The van der Waals surface area contributed by atoms with Gasteiger partial charge in [-0.1, -0.05) is 50.7 Å². The Morgan fingerprint density at radius 2 is 1.77 bits per heavy atom. The summed E-state index contributed by atoms with van der Waals surface area (Å²) in [5, 5.41) is 13.0. The maximum Gasteiger partial charge on any atom is 0.234 e. The van der Waals surface area contributed by atoms with Crippen LogP contribution < -0.4 is 10.2 Å². The van der Waals surface area contributed by atoms with Crippen molar-refractivity contribution in [3.63, 3.8) is 0 Å². The molecule has 0 unspecified atom stereocenters. The number of para-hydroxylation sites is 1. The maximum atomic E-state index is 12.8. The van der Waals surface area contributed by atoms with Gasteiger partial charge in [0.15, 0.2) is 5.16 Å². The number of carbonyl (C=O) groups excluding carboxylic acids is 1. The average Bonchev–Trinajstić information content (AvgIpc) is 3.52. The maximum absolute atomic E-state index is 12.8. The van der Waals surface area contributed by atoms with Crippen molar-refractivity contribution in [3.05, 3.63) is 29.3 Å². The molecule has 1 amide bonds.